The number of nitrogens with one attached hydrogen (secondary N) is 2. The molecule has 2 rings (SSSR count). The first kappa shape index (κ1) is 12.8. The van der Waals surface area contributed by atoms with E-state index in [9.17, 15) is 10.1 Å². The standard InChI is InChI=1S/C12H17N3O3/c16-8-9-3-4-11(12(6-9)15(17)18)14-10-2-1-5-13-7-10/h3-4,6,10,13-14,16H,1-2,5,7-8H2/t10-/m0/s1. The van der Waals surface area contributed by atoms with Gasteiger partial charge in [0.05, 0.1) is 11.5 Å². The number of aliphatic hydroxyl groups excluding tert-OH is 1. The van der Waals surface area contributed by atoms with Gasteiger partial charge >= 0.3 is 0 Å². The van der Waals surface area contributed by atoms with Gasteiger partial charge in [0.2, 0.25) is 0 Å². The molecule has 18 heavy (non-hydrogen) atoms. The molecule has 6 nitrogen and oxygen atoms in total. The second-order valence-corrected chi connectivity index (χ2v) is 4.45. The Bertz CT molecular complexity index is 431. The second-order valence-electron chi connectivity index (χ2n) is 4.45. The van der Waals surface area contributed by atoms with Crippen LogP contribution in [-0.2, 0) is 6.61 Å². The zero-order valence-corrected chi connectivity index (χ0v) is 10.1. The molecule has 1 fully saturated rings. The molecule has 1 aromatic rings. The Balaban J connectivity index is 2.17. The largest absolute Gasteiger partial charge is 0.392 e. The topological polar surface area (TPSA) is 87.4 Å². The van der Waals surface area contributed by atoms with Gasteiger partial charge in [0.15, 0.2) is 0 Å². The maximum absolute atomic E-state index is 11.0. The van der Waals surface area contributed by atoms with E-state index >= 15 is 0 Å². The number of hydrogen-bond donors (Lipinski definition) is 3. The predicted octanol–water partition coefficient (Wildman–Crippen LogP) is 1.25. The normalized spacial score (nSPS) is 19.5. The first-order valence-electron chi connectivity index (χ1n) is 6.06. The van der Waals surface area contributed by atoms with Gasteiger partial charge in [-0.3, -0.25) is 10.1 Å². The van der Waals surface area contributed by atoms with Crippen LogP contribution in [-0.4, -0.2) is 29.2 Å². The molecular formula is C12H17N3O3. The van der Waals surface area contributed by atoms with E-state index in [1.807, 2.05) is 0 Å². The molecule has 1 aliphatic heterocycles. The van der Waals surface area contributed by atoms with E-state index in [-0.39, 0.29) is 18.3 Å². The van der Waals surface area contributed by atoms with Crippen LogP contribution in [0.5, 0.6) is 0 Å². The fourth-order valence-electron chi connectivity index (χ4n) is 2.14. The summed E-state index contributed by atoms with van der Waals surface area (Å²) in [4.78, 5) is 10.6. The van der Waals surface area contributed by atoms with Crippen LogP contribution in [0.1, 0.15) is 18.4 Å². The van der Waals surface area contributed by atoms with Crippen molar-refractivity contribution in [1.29, 1.82) is 0 Å². The number of nitro benzene ring substituents is 1. The highest BCUT2D eigenvalue weighted by Gasteiger charge is 2.19. The summed E-state index contributed by atoms with van der Waals surface area (Å²) in [6.45, 7) is 1.63. The lowest BCUT2D eigenvalue weighted by molar-refractivity contribution is -0.384. The molecule has 0 bridgehead atoms. The van der Waals surface area contributed by atoms with Gasteiger partial charge in [0, 0.05) is 18.7 Å². The minimum atomic E-state index is -0.419. The highest BCUT2D eigenvalue weighted by atomic mass is 16.6. The van der Waals surface area contributed by atoms with E-state index in [4.69, 9.17) is 5.11 Å². The molecule has 0 amide bonds. The lowest BCUT2D eigenvalue weighted by Crippen LogP contribution is -2.38. The van der Waals surface area contributed by atoms with Gasteiger partial charge in [-0.2, -0.15) is 0 Å². The number of nitro groups is 1. The number of nitrogens with zero attached hydrogens (tertiary/aromatic N) is 1. The molecule has 6 heteroatoms. The van der Waals surface area contributed by atoms with Gasteiger partial charge in [0.25, 0.3) is 5.69 Å². The SMILES string of the molecule is O=[N+]([O-])c1cc(CO)ccc1N[C@H]1CCCNC1. The van der Waals surface area contributed by atoms with Crippen LogP contribution < -0.4 is 10.6 Å². The van der Waals surface area contributed by atoms with Gasteiger partial charge in [-0.25, -0.2) is 0 Å². The van der Waals surface area contributed by atoms with E-state index in [0.29, 0.717) is 11.3 Å². The van der Waals surface area contributed by atoms with Crippen molar-refractivity contribution in [2.45, 2.75) is 25.5 Å². The molecule has 1 heterocycles. The van der Waals surface area contributed by atoms with Crippen LogP contribution in [0.3, 0.4) is 0 Å². The van der Waals surface area contributed by atoms with Gasteiger partial charge in [-0.05, 0) is 31.0 Å². The van der Waals surface area contributed by atoms with Gasteiger partial charge in [0.1, 0.15) is 5.69 Å². The molecule has 1 saturated heterocycles. The zero-order valence-electron chi connectivity index (χ0n) is 10.1. The monoisotopic (exact) mass is 251 g/mol. The Hall–Kier alpha value is -1.66. The number of rotatable bonds is 4. The van der Waals surface area contributed by atoms with Crippen LogP contribution in [0.2, 0.25) is 0 Å². The van der Waals surface area contributed by atoms with Gasteiger partial charge in [-0.15, -0.1) is 0 Å². The number of hydrogen-bond acceptors (Lipinski definition) is 5. The summed E-state index contributed by atoms with van der Waals surface area (Å²) in [5.74, 6) is 0. The summed E-state index contributed by atoms with van der Waals surface area (Å²) < 4.78 is 0. The van der Waals surface area contributed by atoms with E-state index < -0.39 is 4.92 Å². The third kappa shape index (κ3) is 2.96. The molecule has 0 aromatic heterocycles. The molecule has 98 valence electrons. The fraction of sp³-hybridized carbons (Fsp3) is 0.500. The summed E-state index contributed by atoms with van der Waals surface area (Å²) >= 11 is 0. The molecule has 3 N–H and O–H groups in total. The first-order valence-corrected chi connectivity index (χ1v) is 6.06. The van der Waals surface area contributed by atoms with Crippen LogP contribution in [0.25, 0.3) is 0 Å². The van der Waals surface area contributed by atoms with Crippen molar-refractivity contribution >= 4 is 11.4 Å². The van der Waals surface area contributed by atoms with E-state index in [2.05, 4.69) is 10.6 Å². The minimum Gasteiger partial charge on any atom is -0.392 e. The molecule has 1 atom stereocenters. The summed E-state index contributed by atoms with van der Waals surface area (Å²) in [6, 6.07) is 5.00. The summed E-state index contributed by atoms with van der Waals surface area (Å²) in [7, 11) is 0. The van der Waals surface area contributed by atoms with Crippen LogP contribution in [0.4, 0.5) is 11.4 Å². The molecule has 0 spiro atoms. The number of benzene rings is 1. The van der Waals surface area contributed by atoms with Crippen molar-refractivity contribution in [2.24, 2.45) is 0 Å². The fourth-order valence-corrected chi connectivity index (χ4v) is 2.14. The molecule has 0 saturated carbocycles. The van der Waals surface area contributed by atoms with E-state index in [1.54, 1.807) is 12.1 Å². The Morgan fingerprint density at radius 3 is 3.00 bits per heavy atom. The van der Waals surface area contributed by atoms with Crippen molar-refractivity contribution in [3.63, 3.8) is 0 Å². The van der Waals surface area contributed by atoms with Crippen LogP contribution in [0.15, 0.2) is 18.2 Å². The third-order valence-corrected chi connectivity index (χ3v) is 3.10. The number of piperidine rings is 1. The molecule has 1 aromatic carbocycles. The van der Waals surface area contributed by atoms with Crippen LogP contribution >= 0.6 is 0 Å². The maximum Gasteiger partial charge on any atom is 0.292 e. The Morgan fingerprint density at radius 1 is 1.56 bits per heavy atom. The van der Waals surface area contributed by atoms with Crippen molar-refractivity contribution < 1.29 is 10.0 Å². The smallest absolute Gasteiger partial charge is 0.292 e. The van der Waals surface area contributed by atoms with Crippen molar-refractivity contribution in [3.8, 4) is 0 Å². The maximum atomic E-state index is 11.0. The highest BCUT2D eigenvalue weighted by molar-refractivity contribution is 5.63. The van der Waals surface area contributed by atoms with Crippen LogP contribution in [0, 0.1) is 10.1 Å². The Morgan fingerprint density at radius 2 is 2.39 bits per heavy atom. The molecule has 1 aliphatic rings. The zero-order chi connectivity index (χ0) is 13.0. The van der Waals surface area contributed by atoms with Crippen molar-refractivity contribution in [3.05, 3.63) is 33.9 Å². The first-order chi connectivity index (χ1) is 8.70. The Kier molecular flexibility index (Phi) is 4.11. The minimum absolute atomic E-state index is 0.0205. The summed E-state index contributed by atoms with van der Waals surface area (Å²) in [6.07, 6.45) is 2.08. The predicted molar refractivity (Wildman–Crippen MR) is 68.5 cm³/mol. The molecular weight excluding hydrogens is 234 g/mol. The number of anilines is 1. The summed E-state index contributed by atoms with van der Waals surface area (Å²) in [5.41, 5.74) is 1.09. The quantitative estimate of drug-likeness (QED) is 0.553. The van der Waals surface area contributed by atoms with Crippen molar-refractivity contribution in [2.75, 3.05) is 18.4 Å². The second kappa shape index (κ2) is 5.79. The molecule has 0 radical (unpaired) electrons. The third-order valence-electron chi connectivity index (χ3n) is 3.10. The molecule has 0 unspecified atom stereocenters. The Labute approximate surface area is 105 Å². The lowest BCUT2D eigenvalue weighted by atomic mass is 10.1. The average molecular weight is 251 g/mol. The number of aliphatic hydroxyl groups is 1. The lowest BCUT2D eigenvalue weighted by Gasteiger charge is -2.24. The van der Waals surface area contributed by atoms with Gasteiger partial charge in [-0.1, -0.05) is 6.07 Å². The highest BCUT2D eigenvalue weighted by Crippen LogP contribution is 2.27. The summed E-state index contributed by atoms with van der Waals surface area (Å²) in [5, 5.41) is 26.5. The molecule has 0 aliphatic carbocycles. The van der Waals surface area contributed by atoms with Gasteiger partial charge < -0.3 is 15.7 Å². The average Bonchev–Trinajstić information content (AvgIpc) is 2.40. The van der Waals surface area contributed by atoms with E-state index in [1.165, 1.54) is 6.07 Å². The van der Waals surface area contributed by atoms with Crippen molar-refractivity contribution in [1.82, 2.24) is 5.32 Å². The van der Waals surface area contributed by atoms with E-state index in [0.717, 1.165) is 25.9 Å².